The Kier molecular flexibility index (Phi) is 5.13. The van der Waals surface area contributed by atoms with Gasteiger partial charge in [-0.05, 0) is 53.6 Å². The molecule has 0 N–H and O–H groups in total. The Morgan fingerprint density at radius 2 is 1.88 bits per heavy atom. The predicted octanol–water partition coefficient (Wildman–Crippen LogP) is 4.68. The predicted molar refractivity (Wildman–Crippen MR) is 98.4 cm³/mol. The summed E-state index contributed by atoms with van der Waals surface area (Å²) in [7, 11) is 0. The molecule has 6 heteroatoms. The summed E-state index contributed by atoms with van der Waals surface area (Å²) >= 11 is 12.1. The first kappa shape index (κ1) is 17.8. The van der Waals surface area contributed by atoms with Crippen LogP contribution in [0.1, 0.15) is 21.7 Å². The Balaban J connectivity index is 1.99. The maximum atomic E-state index is 11.0. The Hall–Kier alpha value is -3.00. The maximum absolute atomic E-state index is 11.0. The molecule has 1 heterocycles. The van der Waals surface area contributed by atoms with Crippen LogP contribution in [-0.4, -0.2) is 5.97 Å². The SMILES string of the molecule is N#C/C(=C/c1ccc(-c2cc(C(=O)[O-])ccc2Cl)o1)c1cccc(Cl)c1. The van der Waals surface area contributed by atoms with Crippen molar-refractivity contribution in [3.63, 3.8) is 0 Å². The van der Waals surface area contributed by atoms with Gasteiger partial charge in [-0.2, -0.15) is 5.26 Å². The van der Waals surface area contributed by atoms with E-state index < -0.39 is 5.97 Å². The number of halogens is 2. The van der Waals surface area contributed by atoms with E-state index in [1.54, 1.807) is 42.5 Å². The Morgan fingerprint density at radius 1 is 1.08 bits per heavy atom. The Labute approximate surface area is 159 Å². The van der Waals surface area contributed by atoms with Crippen LogP contribution in [0.15, 0.2) is 59.0 Å². The van der Waals surface area contributed by atoms with Crippen molar-refractivity contribution in [2.45, 2.75) is 0 Å². The van der Waals surface area contributed by atoms with Gasteiger partial charge in [-0.25, -0.2) is 0 Å². The summed E-state index contributed by atoms with van der Waals surface area (Å²) in [4.78, 5) is 11.0. The fourth-order valence-corrected chi connectivity index (χ4v) is 2.80. The summed E-state index contributed by atoms with van der Waals surface area (Å²) in [5.74, 6) is -0.499. The molecule has 0 unspecified atom stereocenters. The van der Waals surface area contributed by atoms with Crippen LogP contribution in [0.3, 0.4) is 0 Å². The lowest BCUT2D eigenvalue weighted by molar-refractivity contribution is -0.255. The molecule has 0 saturated heterocycles. The number of carbonyl (C=O) groups excluding carboxylic acids is 1. The molecule has 0 aliphatic carbocycles. The lowest BCUT2D eigenvalue weighted by Crippen LogP contribution is -2.22. The first-order chi connectivity index (χ1) is 12.5. The van der Waals surface area contributed by atoms with Gasteiger partial charge < -0.3 is 14.3 Å². The molecule has 1 aromatic heterocycles. The van der Waals surface area contributed by atoms with E-state index in [-0.39, 0.29) is 5.56 Å². The van der Waals surface area contributed by atoms with Crippen LogP contribution in [0, 0.1) is 11.3 Å². The summed E-state index contributed by atoms with van der Waals surface area (Å²) in [5, 5.41) is 21.3. The van der Waals surface area contributed by atoms with Crippen molar-refractivity contribution in [3.8, 4) is 17.4 Å². The minimum atomic E-state index is -1.30. The minimum absolute atomic E-state index is 0.00506. The van der Waals surface area contributed by atoms with E-state index in [1.807, 2.05) is 0 Å². The second kappa shape index (κ2) is 7.49. The fraction of sp³-hybridized carbons (Fsp3) is 0. The van der Waals surface area contributed by atoms with Gasteiger partial charge in [-0.1, -0.05) is 41.4 Å². The lowest BCUT2D eigenvalue weighted by atomic mass is 10.1. The molecule has 0 aliphatic rings. The number of aromatic carboxylic acids is 1. The first-order valence-electron chi connectivity index (χ1n) is 7.47. The zero-order valence-corrected chi connectivity index (χ0v) is 14.7. The van der Waals surface area contributed by atoms with Gasteiger partial charge in [0.15, 0.2) is 0 Å². The van der Waals surface area contributed by atoms with Crippen molar-refractivity contribution >= 4 is 40.8 Å². The number of nitriles is 1. The molecule has 0 amide bonds. The summed E-state index contributed by atoms with van der Waals surface area (Å²) in [6.07, 6.45) is 1.58. The van der Waals surface area contributed by atoms with Crippen LogP contribution in [0.4, 0.5) is 0 Å². The lowest BCUT2D eigenvalue weighted by Gasteiger charge is -2.06. The van der Waals surface area contributed by atoms with Gasteiger partial charge in [0.25, 0.3) is 0 Å². The number of nitrogens with zero attached hydrogens (tertiary/aromatic N) is 1. The molecule has 4 nitrogen and oxygen atoms in total. The molecule has 0 bridgehead atoms. The number of carboxylic acid groups (broad SMARTS) is 1. The van der Waals surface area contributed by atoms with E-state index in [0.717, 1.165) is 0 Å². The van der Waals surface area contributed by atoms with E-state index in [2.05, 4.69) is 6.07 Å². The third kappa shape index (κ3) is 3.80. The Morgan fingerprint density at radius 3 is 2.58 bits per heavy atom. The van der Waals surface area contributed by atoms with Crippen LogP contribution >= 0.6 is 23.2 Å². The van der Waals surface area contributed by atoms with Crippen molar-refractivity contribution in [3.05, 3.63) is 81.5 Å². The van der Waals surface area contributed by atoms with Gasteiger partial charge in [-0.15, -0.1) is 0 Å². The summed E-state index contributed by atoms with van der Waals surface area (Å²) < 4.78 is 5.71. The van der Waals surface area contributed by atoms with E-state index in [0.29, 0.717) is 38.3 Å². The number of furan rings is 1. The highest BCUT2D eigenvalue weighted by molar-refractivity contribution is 6.33. The van der Waals surface area contributed by atoms with Crippen LogP contribution in [0.25, 0.3) is 23.0 Å². The van der Waals surface area contributed by atoms with E-state index in [9.17, 15) is 15.2 Å². The zero-order valence-electron chi connectivity index (χ0n) is 13.2. The van der Waals surface area contributed by atoms with Crippen LogP contribution in [0.2, 0.25) is 10.0 Å². The molecule has 0 atom stereocenters. The van der Waals surface area contributed by atoms with Crippen LogP contribution in [-0.2, 0) is 0 Å². The zero-order chi connectivity index (χ0) is 18.7. The smallest absolute Gasteiger partial charge is 0.136 e. The average Bonchev–Trinajstić information content (AvgIpc) is 3.08. The molecule has 128 valence electrons. The fourth-order valence-electron chi connectivity index (χ4n) is 2.39. The largest absolute Gasteiger partial charge is 0.545 e. The maximum Gasteiger partial charge on any atom is 0.136 e. The van der Waals surface area contributed by atoms with Gasteiger partial charge in [0, 0.05) is 10.6 Å². The minimum Gasteiger partial charge on any atom is -0.545 e. The molecule has 26 heavy (non-hydrogen) atoms. The average molecular weight is 383 g/mol. The number of carboxylic acids is 1. The van der Waals surface area contributed by atoms with Gasteiger partial charge in [0.2, 0.25) is 0 Å². The molecular formula is C20H10Cl2NO3-. The summed E-state index contributed by atoms with van der Waals surface area (Å²) in [5.41, 5.74) is 1.46. The number of rotatable bonds is 4. The molecule has 3 aromatic rings. The van der Waals surface area contributed by atoms with Crippen LogP contribution < -0.4 is 5.11 Å². The molecule has 0 saturated carbocycles. The highest BCUT2D eigenvalue weighted by Crippen LogP contribution is 2.31. The highest BCUT2D eigenvalue weighted by Gasteiger charge is 2.11. The number of hydrogen-bond donors (Lipinski definition) is 0. The van der Waals surface area contributed by atoms with E-state index >= 15 is 0 Å². The van der Waals surface area contributed by atoms with Gasteiger partial charge in [-0.3, -0.25) is 0 Å². The molecule has 0 fully saturated rings. The molecule has 3 rings (SSSR count). The standard InChI is InChI=1S/C20H11Cl2NO3/c21-15-3-1-2-12(8-15)14(11-23)9-16-5-7-19(26-16)17-10-13(20(24)25)4-6-18(17)22/h1-10H,(H,24,25)/p-1/b14-9-. The number of allylic oxidation sites excluding steroid dienone is 1. The van der Waals surface area contributed by atoms with Crippen molar-refractivity contribution in [2.75, 3.05) is 0 Å². The molecule has 0 radical (unpaired) electrons. The van der Waals surface area contributed by atoms with E-state index in [1.165, 1.54) is 18.2 Å². The third-order valence-corrected chi connectivity index (χ3v) is 4.20. The number of carbonyl (C=O) groups is 1. The third-order valence-electron chi connectivity index (χ3n) is 3.64. The van der Waals surface area contributed by atoms with Gasteiger partial charge in [0.1, 0.15) is 11.5 Å². The quantitative estimate of drug-likeness (QED) is 0.613. The second-order valence-electron chi connectivity index (χ2n) is 5.36. The monoisotopic (exact) mass is 382 g/mol. The van der Waals surface area contributed by atoms with Gasteiger partial charge >= 0.3 is 0 Å². The first-order valence-corrected chi connectivity index (χ1v) is 8.22. The second-order valence-corrected chi connectivity index (χ2v) is 6.21. The van der Waals surface area contributed by atoms with Crippen molar-refractivity contribution in [2.24, 2.45) is 0 Å². The van der Waals surface area contributed by atoms with Crippen molar-refractivity contribution < 1.29 is 14.3 Å². The van der Waals surface area contributed by atoms with E-state index in [4.69, 9.17) is 27.6 Å². The van der Waals surface area contributed by atoms with Crippen LogP contribution in [0.5, 0.6) is 0 Å². The van der Waals surface area contributed by atoms with Gasteiger partial charge in [0.05, 0.1) is 22.6 Å². The number of benzene rings is 2. The van der Waals surface area contributed by atoms with Crippen molar-refractivity contribution in [1.82, 2.24) is 0 Å². The highest BCUT2D eigenvalue weighted by atomic mass is 35.5. The summed E-state index contributed by atoms with van der Waals surface area (Å²) in [6.45, 7) is 0. The summed E-state index contributed by atoms with van der Waals surface area (Å²) in [6, 6.07) is 16.6. The molecular weight excluding hydrogens is 373 g/mol. The normalized spacial score (nSPS) is 11.2. The number of hydrogen-bond acceptors (Lipinski definition) is 4. The topological polar surface area (TPSA) is 77.1 Å². The molecule has 2 aromatic carbocycles. The molecule has 0 spiro atoms. The molecule has 0 aliphatic heterocycles. The van der Waals surface area contributed by atoms with Crippen molar-refractivity contribution in [1.29, 1.82) is 5.26 Å². The Bertz CT molecular complexity index is 1060.